The molecule has 1 heterocycles. The predicted molar refractivity (Wildman–Crippen MR) is 137 cm³/mol. The third-order valence-electron chi connectivity index (χ3n) is 6.67. The molecule has 0 unspecified atom stereocenters. The monoisotopic (exact) mass is 430 g/mol. The fraction of sp³-hybridized carbons (Fsp3) is 0.786. The number of hydrogen-bond acceptors (Lipinski definition) is 3. The van der Waals surface area contributed by atoms with E-state index >= 15 is 0 Å². The summed E-state index contributed by atoms with van der Waals surface area (Å²) in [5, 5.41) is 0. The number of anilines is 1. The maximum atomic E-state index is 5.97. The van der Waals surface area contributed by atoms with Gasteiger partial charge in [-0.3, -0.25) is 4.90 Å². The summed E-state index contributed by atoms with van der Waals surface area (Å²) >= 11 is 0. The van der Waals surface area contributed by atoms with Gasteiger partial charge in [0.15, 0.2) is 0 Å². The van der Waals surface area contributed by atoms with Crippen LogP contribution in [0.15, 0.2) is 24.3 Å². The lowest BCUT2D eigenvalue weighted by Gasteiger charge is -2.36. The predicted octanol–water partition coefficient (Wildman–Crippen LogP) is 7.69. The van der Waals surface area contributed by atoms with Gasteiger partial charge in [0.05, 0.1) is 6.61 Å². The number of nitrogens with zero attached hydrogens (tertiary/aromatic N) is 2. The highest BCUT2D eigenvalue weighted by Gasteiger charge is 2.16. The van der Waals surface area contributed by atoms with Crippen molar-refractivity contribution in [2.75, 3.05) is 44.2 Å². The Hall–Kier alpha value is -1.22. The van der Waals surface area contributed by atoms with Crippen molar-refractivity contribution in [2.45, 2.75) is 104 Å². The SMILES string of the molecule is CCCCCCCCCCCCCCOc1ccc(N2CCN(CCCC)CC2)cc1. The Morgan fingerprint density at radius 2 is 1.13 bits per heavy atom. The highest BCUT2D eigenvalue weighted by atomic mass is 16.5. The van der Waals surface area contributed by atoms with Crippen LogP contribution in [0.3, 0.4) is 0 Å². The van der Waals surface area contributed by atoms with E-state index in [1.54, 1.807) is 0 Å². The molecule has 3 heteroatoms. The van der Waals surface area contributed by atoms with Crippen LogP contribution in [-0.4, -0.2) is 44.2 Å². The lowest BCUT2D eigenvalue weighted by molar-refractivity contribution is 0.254. The van der Waals surface area contributed by atoms with Gasteiger partial charge in [0.1, 0.15) is 5.75 Å². The standard InChI is InChI=1S/C28H50N2O/c1-3-5-7-8-9-10-11-12-13-14-15-16-26-31-28-19-17-27(18-20-28)30-24-22-29(23-25-30)21-6-4-2/h17-20H,3-16,21-26H2,1-2H3. The molecule has 2 rings (SSSR count). The van der Waals surface area contributed by atoms with Crippen LogP contribution in [-0.2, 0) is 0 Å². The molecule has 0 atom stereocenters. The molecule has 3 nitrogen and oxygen atoms in total. The first kappa shape index (κ1) is 26.0. The van der Waals surface area contributed by atoms with Crippen LogP contribution >= 0.6 is 0 Å². The lowest BCUT2D eigenvalue weighted by Crippen LogP contribution is -2.46. The van der Waals surface area contributed by atoms with Crippen LogP contribution in [0, 0.1) is 0 Å². The van der Waals surface area contributed by atoms with Gasteiger partial charge < -0.3 is 9.64 Å². The Bertz CT molecular complexity index is 522. The zero-order chi connectivity index (χ0) is 22.0. The highest BCUT2D eigenvalue weighted by molar-refractivity contribution is 5.49. The van der Waals surface area contributed by atoms with Crippen molar-refractivity contribution >= 4 is 5.69 Å². The molecule has 1 aliphatic heterocycles. The number of unbranched alkanes of at least 4 members (excludes halogenated alkanes) is 12. The van der Waals surface area contributed by atoms with Gasteiger partial charge in [-0.2, -0.15) is 0 Å². The fourth-order valence-electron chi connectivity index (χ4n) is 4.50. The molecule has 0 spiro atoms. The quantitative estimate of drug-likeness (QED) is 0.222. The molecule has 178 valence electrons. The topological polar surface area (TPSA) is 15.7 Å². The molecule has 1 fully saturated rings. The van der Waals surface area contributed by atoms with Gasteiger partial charge in [0, 0.05) is 31.9 Å². The molecule has 0 aromatic heterocycles. The van der Waals surface area contributed by atoms with Crippen molar-refractivity contribution in [3.63, 3.8) is 0 Å². The lowest BCUT2D eigenvalue weighted by atomic mass is 10.1. The van der Waals surface area contributed by atoms with Gasteiger partial charge in [0.2, 0.25) is 0 Å². The van der Waals surface area contributed by atoms with Crippen molar-refractivity contribution in [2.24, 2.45) is 0 Å². The molecule has 0 aliphatic carbocycles. The molecule has 0 amide bonds. The van der Waals surface area contributed by atoms with E-state index in [0.29, 0.717) is 0 Å². The molecule has 1 saturated heterocycles. The van der Waals surface area contributed by atoms with E-state index in [0.717, 1.165) is 25.4 Å². The molecule has 0 saturated carbocycles. The van der Waals surface area contributed by atoms with E-state index in [1.165, 1.54) is 115 Å². The molecule has 1 aromatic rings. The first-order valence-corrected chi connectivity index (χ1v) is 13.5. The summed E-state index contributed by atoms with van der Waals surface area (Å²) in [7, 11) is 0. The number of ether oxygens (including phenoxy) is 1. The van der Waals surface area contributed by atoms with E-state index in [2.05, 4.69) is 47.9 Å². The van der Waals surface area contributed by atoms with Crippen molar-refractivity contribution in [3.05, 3.63) is 24.3 Å². The molecule has 0 bridgehead atoms. The Morgan fingerprint density at radius 3 is 1.68 bits per heavy atom. The van der Waals surface area contributed by atoms with Crippen molar-refractivity contribution in [1.82, 2.24) is 4.90 Å². The number of hydrogen-bond donors (Lipinski definition) is 0. The minimum Gasteiger partial charge on any atom is -0.494 e. The van der Waals surface area contributed by atoms with Crippen molar-refractivity contribution < 1.29 is 4.74 Å². The minimum atomic E-state index is 0.854. The zero-order valence-electron chi connectivity index (χ0n) is 20.8. The normalized spacial score (nSPS) is 14.8. The number of benzene rings is 1. The van der Waals surface area contributed by atoms with Gasteiger partial charge >= 0.3 is 0 Å². The Morgan fingerprint density at radius 1 is 0.613 bits per heavy atom. The third-order valence-corrected chi connectivity index (χ3v) is 6.67. The van der Waals surface area contributed by atoms with E-state index in [1.807, 2.05) is 0 Å². The molecule has 0 N–H and O–H groups in total. The van der Waals surface area contributed by atoms with E-state index in [9.17, 15) is 0 Å². The molecular weight excluding hydrogens is 380 g/mol. The molecule has 1 aromatic carbocycles. The van der Waals surface area contributed by atoms with Crippen LogP contribution in [0.1, 0.15) is 104 Å². The summed E-state index contributed by atoms with van der Waals surface area (Å²) in [5.41, 5.74) is 1.34. The first-order chi connectivity index (χ1) is 15.3. The van der Waals surface area contributed by atoms with E-state index in [-0.39, 0.29) is 0 Å². The Kier molecular flexibility index (Phi) is 14.6. The van der Waals surface area contributed by atoms with Gasteiger partial charge in [-0.05, 0) is 43.7 Å². The average molecular weight is 431 g/mol. The second-order valence-corrected chi connectivity index (χ2v) is 9.41. The van der Waals surface area contributed by atoms with Gasteiger partial charge in [-0.15, -0.1) is 0 Å². The second-order valence-electron chi connectivity index (χ2n) is 9.41. The van der Waals surface area contributed by atoms with E-state index in [4.69, 9.17) is 4.74 Å². The molecule has 1 aliphatic rings. The third kappa shape index (κ3) is 11.8. The van der Waals surface area contributed by atoms with Crippen molar-refractivity contribution in [1.29, 1.82) is 0 Å². The number of rotatable bonds is 18. The van der Waals surface area contributed by atoms with Gasteiger partial charge in [-0.25, -0.2) is 0 Å². The largest absolute Gasteiger partial charge is 0.494 e. The Labute approximate surface area is 193 Å². The summed E-state index contributed by atoms with van der Waals surface area (Å²) in [5.74, 6) is 1.02. The second kappa shape index (κ2) is 17.3. The maximum Gasteiger partial charge on any atom is 0.119 e. The highest BCUT2D eigenvalue weighted by Crippen LogP contribution is 2.21. The zero-order valence-corrected chi connectivity index (χ0v) is 20.8. The smallest absolute Gasteiger partial charge is 0.119 e. The first-order valence-electron chi connectivity index (χ1n) is 13.5. The summed E-state index contributed by atoms with van der Waals surface area (Å²) < 4.78 is 5.97. The summed E-state index contributed by atoms with van der Waals surface area (Å²) in [6, 6.07) is 8.77. The molecule has 0 radical (unpaired) electrons. The average Bonchev–Trinajstić information content (AvgIpc) is 2.81. The van der Waals surface area contributed by atoms with Gasteiger partial charge in [-0.1, -0.05) is 90.9 Å². The van der Waals surface area contributed by atoms with Crippen LogP contribution < -0.4 is 9.64 Å². The maximum absolute atomic E-state index is 5.97. The van der Waals surface area contributed by atoms with E-state index < -0.39 is 0 Å². The fourth-order valence-corrected chi connectivity index (χ4v) is 4.50. The summed E-state index contributed by atoms with van der Waals surface area (Å²) in [6.45, 7) is 11.3. The van der Waals surface area contributed by atoms with Crippen LogP contribution in [0.2, 0.25) is 0 Å². The van der Waals surface area contributed by atoms with Gasteiger partial charge in [0.25, 0.3) is 0 Å². The Balaban J connectivity index is 1.45. The summed E-state index contributed by atoms with van der Waals surface area (Å²) in [4.78, 5) is 5.11. The number of piperazine rings is 1. The molecule has 31 heavy (non-hydrogen) atoms. The van der Waals surface area contributed by atoms with Crippen LogP contribution in [0.25, 0.3) is 0 Å². The van der Waals surface area contributed by atoms with Crippen LogP contribution in [0.4, 0.5) is 5.69 Å². The summed E-state index contributed by atoms with van der Waals surface area (Å²) in [6.07, 6.45) is 19.3. The van der Waals surface area contributed by atoms with Crippen molar-refractivity contribution in [3.8, 4) is 5.75 Å². The van der Waals surface area contributed by atoms with Crippen LogP contribution in [0.5, 0.6) is 5.75 Å². The molecular formula is C28H50N2O. The minimum absolute atomic E-state index is 0.854.